The zero-order valence-electron chi connectivity index (χ0n) is 23.7. The van der Waals surface area contributed by atoms with Crippen LogP contribution in [0.1, 0.15) is 23.2 Å². The lowest BCUT2D eigenvalue weighted by molar-refractivity contribution is -0.142. The van der Waals surface area contributed by atoms with Crippen LogP contribution in [0.4, 0.5) is 0 Å². The topological polar surface area (TPSA) is 238 Å². The van der Waals surface area contributed by atoms with Gasteiger partial charge in [0.25, 0.3) is 0 Å². The highest BCUT2D eigenvalue weighted by atomic mass is 16.4. The van der Waals surface area contributed by atoms with E-state index in [0.717, 1.165) is 16.5 Å². The van der Waals surface area contributed by atoms with Gasteiger partial charge in [0.05, 0.1) is 18.8 Å². The highest BCUT2D eigenvalue weighted by Crippen LogP contribution is 2.19. The van der Waals surface area contributed by atoms with Gasteiger partial charge in [-0.3, -0.25) is 19.2 Å². The predicted octanol–water partition coefficient (Wildman–Crippen LogP) is -0.339. The smallest absolute Gasteiger partial charge is 0.326 e. The molecule has 4 unspecified atom stereocenters. The average Bonchev–Trinajstić information content (AvgIpc) is 3.66. The molecule has 14 heteroatoms. The fourth-order valence-electron chi connectivity index (χ4n) is 4.74. The molecule has 230 valence electrons. The summed E-state index contributed by atoms with van der Waals surface area (Å²) in [6.45, 7) is 0. The monoisotopic (exact) mass is 602 g/mol. The summed E-state index contributed by atoms with van der Waals surface area (Å²) in [5, 5.41) is 18.1. The summed E-state index contributed by atoms with van der Waals surface area (Å²) in [6.07, 6.45) is 4.00. The van der Waals surface area contributed by atoms with Crippen molar-refractivity contribution in [3.63, 3.8) is 0 Å². The number of carbonyl (C=O) groups is 5. The fourth-order valence-corrected chi connectivity index (χ4v) is 4.74. The molecule has 0 saturated carbocycles. The van der Waals surface area contributed by atoms with Crippen LogP contribution in [0, 0.1) is 0 Å². The quantitative estimate of drug-likeness (QED) is 0.0893. The number of primary amides is 1. The van der Waals surface area contributed by atoms with Gasteiger partial charge in [-0.15, -0.1) is 0 Å². The lowest BCUT2D eigenvalue weighted by Crippen LogP contribution is -2.58. The number of nitrogens with two attached hydrogens (primary N) is 2. The number of nitrogens with zero attached hydrogens (tertiary/aromatic N) is 1. The van der Waals surface area contributed by atoms with Crippen LogP contribution in [0.2, 0.25) is 0 Å². The number of carboxylic acids is 1. The number of imidazole rings is 1. The lowest BCUT2D eigenvalue weighted by atomic mass is 10.0. The Kier molecular flexibility index (Phi) is 10.4. The van der Waals surface area contributed by atoms with Crippen LogP contribution in [-0.2, 0) is 43.2 Å². The predicted molar refractivity (Wildman–Crippen MR) is 160 cm³/mol. The van der Waals surface area contributed by atoms with E-state index >= 15 is 0 Å². The molecule has 0 aliphatic heterocycles. The molecule has 4 amide bonds. The van der Waals surface area contributed by atoms with Gasteiger partial charge < -0.3 is 42.5 Å². The van der Waals surface area contributed by atoms with Gasteiger partial charge in [0, 0.05) is 41.8 Å². The van der Waals surface area contributed by atoms with E-state index in [1.807, 2.05) is 48.5 Å². The number of hydrogen-bond donors (Lipinski definition) is 8. The molecule has 4 atom stereocenters. The summed E-state index contributed by atoms with van der Waals surface area (Å²) in [5.41, 5.74) is 14.2. The van der Waals surface area contributed by atoms with E-state index < -0.39 is 60.2 Å². The molecule has 2 aromatic carbocycles. The van der Waals surface area contributed by atoms with Crippen molar-refractivity contribution in [3.8, 4) is 0 Å². The number of aliphatic carboxylic acids is 1. The highest BCUT2D eigenvalue weighted by Gasteiger charge is 2.32. The Morgan fingerprint density at radius 2 is 1.45 bits per heavy atom. The molecule has 0 radical (unpaired) electrons. The van der Waals surface area contributed by atoms with E-state index in [0.29, 0.717) is 11.3 Å². The van der Waals surface area contributed by atoms with E-state index in [1.165, 1.54) is 12.5 Å². The maximum absolute atomic E-state index is 13.5. The molecule has 44 heavy (non-hydrogen) atoms. The van der Waals surface area contributed by atoms with Crippen molar-refractivity contribution >= 4 is 40.5 Å². The van der Waals surface area contributed by atoms with Crippen molar-refractivity contribution in [2.45, 2.75) is 49.9 Å². The molecule has 0 aliphatic rings. The standard InChI is InChI=1S/C30H34N8O6/c31-21(10-17-6-2-1-3-7-17)27(40)36-23(12-19-15-33-16-35-19)28(41)37-24(13-26(32)39)29(42)38-25(30(43)44)11-18-14-34-22-9-5-4-8-20(18)22/h1-9,14-16,21,23-25,34H,10-13,31H2,(H2,32,39)(H,33,35)(H,36,40)(H,37,41)(H,38,42)(H,43,44). The fraction of sp³-hybridized carbons (Fsp3) is 0.267. The molecule has 14 nitrogen and oxygen atoms in total. The molecular formula is C30H34N8O6. The molecule has 2 heterocycles. The Bertz CT molecular complexity index is 1600. The summed E-state index contributed by atoms with van der Waals surface area (Å²) in [4.78, 5) is 73.5. The van der Waals surface area contributed by atoms with Crippen molar-refractivity contribution in [1.29, 1.82) is 0 Å². The normalized spacial score (nSPS) is 13.8. The second-order valence-corrected chi connectivity index (χ2v) is 10.3. The van der Waals surface area contributed by atoms with E-state index in [1.54, 1.807) is 12.3 Å². The Hall–Kier alpha value is -5.50. The number of para-hydroxylation sites is 1. The molecule has 0 fully saturated rings. The Morgan fingerprint density at radius 3 is 2.14 bits per heavy atom. The van der Waals surface area contributed by atoms with Crippen molar-refractivity contribution < 1.29 is 29.1 Å². The largest absolute Gasteiger partial charge is 0.480 e. The molecule has 0 aliphatic carbocycles. The third-order valence-electron chi connectivity index (χ3n) is 7.00. The maximum atomic E-state index is 13.5. The molecule has 0 bridgehead atoms. The van der Waals surface area contributed by atoms with Crippen molar-refractivity contribution in [2.24, 2.45) is 11.5 Å². The number of aromatic amines is 2. The van der Waals surface area contributed by atoms with E-state index in [2.05, 4.69) is 30.9 Å². The minimum absolute atomic E-state index is 0.0428. The van der Waals surface area contributed by atoms with Crippen LogP contribution in [-0.4, -0.2) is 73.8 Å². The number of carbonyl (C=O) groups excluding carboxylic acids is 4. The summed E-state index contributed by atoms with van der Waals surface area (Å²) < 4.78 is 0. The molecule has 0 spiro atoms. The molecule has 4 aromatic rings. The van der Waals surface area contributed by atoms with Crippen LogP contribution in [0.15, 0.2) is 73.3 Å². The Balaban J connectivity index is 1.47. The van der Waals surface area contributed by atoms with Gasteiger partial charge in [-0.2, -0.15) is 0 Å². The second kappa shape index (κ2) is 14.6. The number of benzene rings is 2. The number of fused-ring (bicyclic) bond motifs is 1. The first-order chi connectivity index (χ1) is 21.1. The van der Waals surface area contributed by atoms with Crippen LogP contribution < -0.4 is 27.4 Å². The van der Waals surface area contributed by atoms with E-state index in [-0.39, 0.29) is 19.3 Å². The number of nitrogens with one attached hydrogen (secondary N) is 5. The van der Waals surface area contributed by atoms with Gasteiger partial charge in [0.2, 0.25) is 23.6 Å². The first-order valence-electron chi connectivity index (χ1n) is 13.8. The number of hydrogen-bond acceptors (Lipinski definition) is 7. The van der Waals surface area contributed by atoms with Crippen LogP contribution in [0.3, 0.4) is 0 Å². The summed E-state index contributed by atoms with van der Waals surface area (Å²) in [6, 6.07) is 11.3. The van der Waals surface area contributed by atoms with Crippen molar-refractivity contribution in [1.82, 2.24) is 30.9 Å². The Morgan fingerprint density at radius 1 is 0.795 bits per heavy atom. The molecule has 0 saturated heterocycles. The average molecular weight is 603 g/mol. The first kappa shape index (κ1) is 31.4. The number of carboxylic acid groups (broad SMARTS) is 1. The van der Waals surface area contributed by atoms with Gasteiger partial charge in [0.15, 0.2) is 0 Å². The lowest BCUT2D eigenvalue weighted by Gasteiger charge is -2.24. The van der Waals surface area contributed by atoms with Crippen LogP contribution in [0.5, 0.6) is 0 Å². The van der Waals surface area contributed by atoms with Gasteiger partial charge in [-0.1, -0.05) is 48.5 Å². The summed E-state index contributed by atoms with van der Waals surface area (Å²) in [7, 11) is 0. The molecular weight excluding hydrogens is 568 g/mol. The SMILES string of the molecule is NC(=O)CC(NC(=O)C(Cc1cnc[nH]1)NC(=O)C(N)Cc1ccccc1)C(=O)NC(Cc1c[nH]c2ccccc12)C(=O)O. The minimum Gasteiger partial charge on any atom is -0.480 e. The van der Waals surface area contributed by atoms with Crippen molar-refractivity contribution in [2.75, 3.05) is 0 Å². The maximum Gasteiger partial charge on any atom is 0.326 e. The number of aromatic nitrogens is 3. The summed E-state index contributed by atoms with van der Waals surface area (Å²) in [5.74, 6) is -4.59. The second-order valence-electron chi connectivity index (χ2n) is 10.3. The van der Waals surface area contributed by atoms with E-state index in [9.17, 15) is 29.1 Å². The van der Waals surface area contributed by atoms with Gasteiger partial charge in [0.1, 0.15) is 18.1 Å². The highest BCUT2D eigenvalue weighted by molar-refractivity contribution is 5.96. The third-order valence-corrected chi connectivity index (χ3v) is 7.00. The number of rotatable bonds is 15. The Labute approximate surface area is 252 Å². The zero-order chi connectivity index (χ0) is 31.6. The number of H-pyrrole nitrogens is 2. The first-order valence-corrected chi connectivity index (χ1v) is 13.8. The van der Waals surface area contributed by atoms with Gasteiger partial charge in [-0.25, -0.2) is 9.78 Å². The minimum atomic E-state index is -1.52. The molecule has 4 rings (SSSR count). The number of amides is 4. The van der Waals surface area contributed by atoms with Crippen molar-refractivity contribution in [3.05, 3.63) is 90.1 Å². The third kappa shape index (κ3) is 8.51. The van der Waals surface area contributed by atoms with Gasteiger partial charge in [-0.05, 0) is 23.6 Å². The van der Waals surface area contributed by atoms with Crippen LogP contribution >= 0.6 is 0 Å². The van der Waals surface area contributed by atoms with Crippen LogP contribution in [0.25, 0.3) is 10.9 Å². The molecule has 2 aromatic heterocycles. The van der Waals surface area contributed by atoms with E-state index in [4.69, 9.17) is 11.5 Å². The zero-order valence-corrected chi connectivity index (χ0v) is 23.7. The summed E-state index contributed by atoms with van der Waals surface area (Å²) >= 11 is 0. The molecule has 10 N–H and O–H groups in total. The van der Waals surface area contributed by atoms with Gasteiger partial charge >= 0.3 is 5.97 Å².